The molecule has 0 bridgehead atoms. The van der Waals surface area contributed by atoms with Gasteiger partial charge >= 0.3 is 0 Å². The predicted molar refractivity (Wildman–Crippen MR) is 90.0 cm³/mol. The maximum absolute atomic E-state index is 12.2. The topological polar surface area (TPSA) is 76.1 Å². The van der Waals surface area contributed by atoms with Crippen LogP contribution >= 0.6 is 11.6 Å². The van der Waals surface area contributed by atoms with Crippen LogP contribution in [0.3, 0.4) is 0 Å². The minimum absolute atomic E-state index is 0.109. The molecule has 1 aromatic heterocycles. The highest BCUT2D eigenvalue weighted by molar-refractivity contribution is 6.33. The Balaban J connectivity index is 1.68. The lowest BCUT2D eigenvalue weighted by Crippen LogP contribution is -2.40. The molecule has 0 radical (unpaired) electrons. The minimum Gasteiger partial charge on any atom is -0.319 e. The number of aryl methyl sites for hydroxylation is 2. The highest BCUT2D eigenvalue weighted by atomic mass is 35.5. The van der Waals surface area contributed by atoms with Crippen molar-refractivity contribution < 1.29 is 14.3 Å². The number of nitrogens with zero attached hydrogens (tertiary/aromatic N) is 2. The number of non-ortho nitro benzene ring substituents is 1. The number of halogens is 1. The molecular formula is C17H17ClN3O3+. The molecule has 3 rings (SSSR count). The monoisotopic (exact) mass is 346 g/mol. The summed E-state index contributed by atoms with van der Waals surface area (Å²) in [6.07, 6.45) is 8.47. The predicted octanol–water partition coefficient (Wildman–Crippen LogP) is 3.05. The maximum atomic E-state index is 12.2. The van der Waals surface area contributed by atoms with Crippen molar-refractivity contribution in [3.8, 4) is 0 Å². The zero-order valence-corrected chi connectivity index (χ0v) is 13.8. The molecular weight excluding hydrogens is 330 g/mol. The average Bonchev–Trinajstić information content (AvgIpc) is 2.56. The Kier molecular flexibility index (Phi) is 4.76. The second-order valence-corrected chi connectivity index (χ2v) is 6.25. The molecule has 0 unspecified atom stereocenters. The van der Waals surface area contributed by atoms with Gasteiger partial charge < -0.3 is 5.32 Å². The summed E-state index contributed by atoms with van der Waals surface area (Å²) < 4.78 is 1.85. The Morgan fingerprint density at radius 2 is 2.00 bits per heavy atom. The number of rotatable bonds is 4. The van der Waals surface area contributed by atoms with Crippen LogP contribution in [0.25, 0.3) is 0 Å². The standard InChI is InChI=1S/C17H16ClN3O3/c18-15-9-14(21(23)24)5-6-16(15)19-17(22)11-20-8-7-12-3-1-2-4-13(12)10-20/h5-10H,1-4,11H2/p+1. The number of hydrogen-bond donors (Lipinski definition) is 1. The fourth-order valence-electron chi connectivity index (χ4n) is 2.89. The van der Waals surface area contributed by atoms with Crippen molar-refractivity contribution in [2.24, 2.45) is 0 Å². The number of pyridine rings is 1. The Labute approximate surface area is 144 Å². The van der Waals surface area contributed by atoms with Crippen molar-refractivity contribution in [1.29, 1.82) is 0 Å². The van der Waals surface area contributed by atoms with Gasteiger partial charge in [0.25, 0.3) is 11.6 Å². The third-order valence-corrected chi connectivity index (χ3v) is 4.42. The molecule has 1 aliphatic rings. The lowest BCUT2D eigenvalue weighted by molar-refractivity contribution is -0.684. The van der Waals surface area contributed by atoms with E-state index in [-0.39, 0.29) is 23.2 Å². The number of anilines is 1. The number of hydrogen-bond acceptors (Lipinski definition) is 3. The van der Waals surface area contributed by atoms with Crippen LogP contribution in [0.5, 0.6) is 0 Å². The van der Waals surface area contributed by atoms with Crippen LogP contribution in [0, 0.1) is 10.1 Å². The zero-order valence-electron chi connectivity index (χ0n) is 13.0. The lowest BCUT2D eigenvalue weighted by atomic mass is 9.93. The second-order valence-electron chi connectivity index (χ2n) is 5.84. The smallest absolute Gasteiger partial charge is 0.290 e. The quantitative estimate of drug-likeness (QED) is 0.525. The number of aromatic nitrogens is 1. The minimum atomic E-state index is -0.527. The van der Waals surface area contributed by atoms with E-state index in [2.05, 4.69) is 11.4 Å². The van der Waals surface area contributed by atoms with Crippen LogP contribution in [0.1, 0.15) is 24.0 Å². The molecule has 0 saturated heterocycles. The van der Waals surface area contributed by atoms with Crippen molar-refractivity contribution in [3.63, 3.8) is 0 Å². The van der Waals surface area contributed by atoms with Crippen LogP contribution in [0.2, 0.25) is 5.02 Å². The van der Waals surface area contributed by atoms with E-state index in [0.717, 1.165) is 12.8 Å². The molecule has 0 saturated carbocycles. The molecule has 0 aliphatic heterocycles. The largest absolute Gasteiger partial charge is 0.319 e. The van der Waals surface area contributed by atoms with E-state index in [9.17, 15) is 14.9 Å². The van der Waals surface area contributed by atoms with Gasteiger partial charge in [0.05, 0.1) is 15.6 Å². The number of carbonyl (C=O) groups is 1. The van der Waals surface area contributed by atoms with Crippen LogP contribution in [0.15, 0.2) is 36.7 Å². The molecule has 24 heavy (non-hydrogen) atoms. The molecule has 6 nitrogen and oxygen atoms in total. The maximum Gasteiger partial charge on any atom is 0.290 e. The summed E-state index contributed by atoms with van der Waals surface area (Å²) in [5.41, 5.74) is 2.91. The molecule has 0 spiro atoms. The Morgan fingerprint density at radius 3 is 2.71 bits per heavy atom. The van der Waals surface area contributed by atoms with Gasteiger partial charge in [0, 0.05) is 23.8 Å². The van der Waals surface area contributed by atoms with E-state index in [1.54, 1.807) is 0 Å². The summed E-state index contributed by atoms with van der Waals surface area (Å²) in [6.45, 7) is 0.167. The van der Waals surface area contributed by atoms with E-state index in [0.29, 0.717) is 5.69 Å². The molecule has 2 aromatic rings. The molecule has 0 fully saturated rings. The lowest BCUT2D eigenvalue weighted by Gasteiger charge is -2.13. The van der Waals surface area contributed by atoms with Crippen molar-refractivity contribution in [1.82, 2.24) is 0 Å². The van der Waals surface area contributed by atoms with Gasteiger partial charge in [-0.15, -0.1) is 0 Å². The van der Waals surface area contributed by atoms with E-state index in [4.69, 9.17) is 11.6 Å². The van der Waals surface area contributed by atoms with Gasteiger partial charge in [-0.1, -0.05) is 11.6 Å². The van der Waals surface area contributed by atoms with Gasteiger partial charge in [-0.25, -0.2) is 0 Å². The van der Waals surface area contributed by atoms with Gasteiger partial charge in [-0.2, -0.15) is 4.57 Å². The summed E-state index contributed by atoms with van der Waals surface area (Å²) in [5.74, 6) is -0.230. The SMILES string of the molecule is O=C(C[n+]1ccc2c(c1)CCCC2)Nc1ccc([N+](=O)[O-])cc1Cl. The van der Waals surface area contributed by atoms with E-state index >= 15 is 0 Å². The summed E-state index contributed by atoms with van der Waals surface area (Å²) in [6, 6.07) is 6.05. The van der Waals surface area contributed by atoms with Crippen molar-refractivity contribution in [3.05, 3.63) is 62.9 Å². The van der Waals surface area contributed by atoms with Crippen molar-refractivity contribution in [2.75, 3.05) is 5.32 Å². The summed E-state index contributed by atoms with van der Waals surface area (Å²) in [7, 11) is 0. The molecule has 0 atom stereocenters. The first-order chi connectivity index (χ1) is 11.5. The van der Waals surface area contributed by atoms with Crippen LogP contribution in [-0.4, -0.2) is 10.8 Å². The van der Waals surface area contributed by atoms with E-state index in [1.807, 2.05) is 17.0 Å². The fourth-order valence-corrected chi connectivity index (χ4v) is 3.11. The summed E-state index contributed by atoms with van der Waals surface area (Å²) >= 11 is 5.99. The Morgan fingerprint density at radius 1 is 1.25 bits per heavy atom. The van der Waals surface area contributed by atoms with Crippen LogP contribution < -0.4 is 9.88 Å². The number of nitro benzene ring substituents is 1. The summed E-state index contributed by atoms with van der Waals surface area (Å²) in [4.78, 5) is 22.4. The zero-order chi connectivity index (χ0) is 17.1. The fraction of sp³-hybridized carbons (Fsp3) is 0.294. The highest BCUT2D eigenvalue weighted by Gasteiger charge is 2.17. The summed E-state index contributed by atoms with van der Waals surface area (Å²) in [5, 5.41) is 13.5. The van der Waals surface area contributed by atoms with Gasteiger partial charge in [0.15, 0.2) is 12.4 Å². The first-order valence-corrected chi connectivity index (χ1v) is 8.15. The third kappa shape index (κ3) is 3.71. The second kappa shape index (κ2) is 6.97. The number of benzene rings is 1. The van der Waals surface area contributed by atoms with Crippen LogP contribution in [-0.2, 0) is 24.2 Å². The molecule has 124 valence electrons. The van der Waals surface area contributed by atoms with E-state index < -0.39 is 4.92 Å². The highest BCUT2D eigenvalue weighted by Crippen LogP contribution is 2.26. The van der Waals surface area contributed by atoms with Gasteiger partial charge in [-0.3, -0.25) is 14.9 Å². The van der Waals surface area contributed by atoms with E-state index in [1.165, 1.54) is 42.2 Å². The van der Waals surface area contributed by atoms with Crippen LogP contribution in [0.4, 0.5) is 11.4 Å². The number of nitro groups is 1. The number of fused-ring (bicyclic) bond motifs is 1. The number of amides is 1. The van der Waals surface area contributed by atoms with Crippen molar-refractivity contribution >= 4 is 28.9 Å². The first-order valence-electron chi connectivity index (χ1n) is 7.77. The first kappa shape index (κ1) is 16.4. The molecule has 1 N–H and O–H groups in total. The van der Waals surface area contributed by atoms with Gasteiger partial charge in [0.1, 0.15) is 0 Å². The third-order valence-electron chi connectivity index (χ3n) is 4.11. The number of nitrogens with one attached hydrogen (secondary N) is 1. The Hall–Kier alpha value is -2.47. The average molecular weight is 347 g/mol. The van der Waals surface area contributed by atoms with Crippen molar-refractivity contribution in [2.45, 2.75) is 32.2 Å². The molecule has 1 aromatic carbocycles. The molecule has 1 amide bonds. The normalized spacial score (nSPS) is 13.2. The van der Waals surface area contributed by atoms with Gasteiger partial charge in [0.2, 0.25) is 6.54 Å². The molecule has 1 heterocycles. The molecule has 7 heteroatoms. The molecule has 1 aliphatic carbocycles. The Bertz CT molecular complexity index is 808. The number of carbonyl (C=O) groups excluding carboxylic acids is 1. The van der Waals surface area contributed by atoms with Gasteiger partial charge in [-0.05, 0) is 37.3 Å².